The lowest BCUT2D eigenvalue weighted by atomic mass is 9.89. The van der Waals surface area contributed by atoms with Gasteiger partial charge in [-0.15, -0.1) is 10.2 Å². The smallest absolute Gasteiger partial charge is 0.233 e. The highest BCUT2D eigenvalue weighted by molar-refractivity contribution is 8.00. The number of rotatable bonds is 8. The van der Waals surface area contributed by atoms with Crippen molar-refractivity contribution in [1.29, 1.82) is 0 Å². The van der Waals surface area contributed by atoms with Crippen molar-refractivity contribution in [2.45, 2.75) is 56.0 Å². The van der Waals surface area contributed by atoms with Crippen molar-refractivity contribution >= 4 is 17.7 Å². The van der Waals surface area contributed by atoms with Crippen molar-refractivity contribution in [2.75, 3.05) is 6.54 Å². The maximum absolute atomic E-state index is 12.7. The van der Waals surface area contributed by atoms with Crippen LogP contribution in [-0.4, -0.2) is 37.5 Å². The van der Waals surface area contributed by atoms with E-state index in [0.717, 1.165) is 28.7 Å². The van der Waals surface area contributed by atoms with Crippen LogP contribution in [0.1, 0.15) is 44.6 Å². The zero-order valence-corrected chi connectivity index (χ0v) is 18.7. The zero-order chi connectivity index (χ0) is 21.5. The van der Waals surface area contributed by atoms with Crippen LogP contribution in [0, 0.1) is 5.92 Å². The Morgan fingerprint density at radius 3 is 2.58 bits per heavy atom. The second-order valence-corrected chi connectivity index (χ2v) is 9.43. The van der Waals surface area contributed by atoms with Crippen LogP contribution in [0.25, 0.3) is 11.4 Å². The van der Waals surface area contributed by atoms with Crippen molar-refractivity contribution in [3.05, 3.63) is 60.4 Å². The van der Waals surface area contributed by atoms with Crippen LogP contribution in [-0.2, 0) is 11.3 Å². The van der Waals surface area contributed by atoms with Crippen LogP contribution in [0.15, 0.2) is 60.0 Å². The molecule has 0 spiro atoms. The number of carbonyl (C=O) groups excluding carboxylic acids is 1. The fourth-order valence-corrected chi connectivity index (χ4v) is 4.86. The van der Waals surface area contributed by atoms with Crippen molar-refractivity contribution < 1.29 is 4.79 Å². The monoisotopic (exact) mass is 435 g/mol. The third-order valence-electron chi connectivity index (χ3n) is 5.78. The first-order valence-electron chi connectivity index (χ1n) is 11.0. The van der Waals surface area contributed by atoms with Crippen LogP contribution in [0.4, 0.5) is 0 Å². The summed E-state index contributed by atoms with van der Waals surface area (Å²) in [7, 11) is 0. The molecule has 1 saturated carbocycles. The predicted molar refractivity (Wildman–Crippen MR) is 124 cm³/mol. The van der Waals surface area contributed by atoms with E-state index < -0.39 is 0 Å². The van der Waals surface area contributed by atoms with E-state index in [9.17, 15) is 4.79 Å². The standard InChI is InChI=1S/C24H29N5OS/c1-18(23(30)26-16-19-8-4-2-5-9-19)31-24-28-27-22(21-12-14-25-15-13-21)29(24)17-20-10-6-3-7-11-20/h3,6-7,10-15,18-19H,2,4-5,8-9,16-17H2,1H3,(H,26,30). The number of carbonyl (C=O) groups is 1. The Hall–Kier alpha value is -2.67. The molecule has 7 heteroatoms. The molecular weight excluding hydrogens is 406 g/mol. The minimum Gasteiger partial charge on any atom is -0.355 e. The van der Waals surface area contributed by atoms with Gasteiger partial charge in [-0.05, 0) is 43.4 Å². The van der Waals surface area contributed by atoms with Gasteiger partial charge >= 0.3 is 0 Å². The van der Waals surface area contributed by atoms with Crippen molar-refractivity contribution in [3.63, 3.8) is 0 Å². The Morgan fingerprint density at radius 2 is 1.84 bits per heavy atom. The SMILES string of the molecule is CC(Sc1nnc(-c2ccncc2)n1Cc1ccccc1)C(=O)NCC1CCCCC1. The van der Waals surface area contributed by atoms with Gasteiger partial charge < -0.3 is 5.32 Å². The molecule has 1 aromatic carbocycles. The highest BCUT2D eigenvalue weighted by Crippen LogP contribution is 2.28. The quantitative estimate of drug-likeness (QED) is 0.525. The van der Waals surface area contributed by atoms with Gasteiger partial charge in [0.15, 0.2) is 11.0 Å². The van der Waals surface area contributed by atoms with Crippen LogP contribution < -0.4 is 5.32 Å². The number of hydrogen-bond acceptors (Lipinski definition) is 5. The normalized spacial score (nSPS) is 15.5. The lowest BCUT2D eigenvalue weighted by Gasteiger charge is -2.22. The molecule has 1 aliphatic carbocycles. The Bertz CT molecular complexity index is 970. The van der Waals surface area contributed by atoms with Gasteiger partial charge in [0.2, 0.25) is 5.91 Å². The number of nitrogens with one attached hydrogen (secondary N) is 1. The fraction of sp³-hybridized carbons (Fsp3) is 0.417. The maximum Gasteiger partial charge on any atom is 0.233 e. The Kier molecular flexibility index (Phi) is 7.35. The van der Waals surface area contributed by atoms with Crippen LogP contribution >= 0.6 is 11.8 Å². The van der Waals surface area contributed by atoms with Crippen molar-refractivity contribution in [2.24, 2.45) is 5.92 Å². The molecule has 6 nitrogen and oxygen atoms in total. The number of nitrogens with zero attached hydrogens (tertiary/aromatic N) is 4. The molecule has 0 aliphatic heterocycles. The number of pyridine rings is 1. The maximum atomic E-state index is 12.7. The minimum atomic E-state index is -0.243. The molecule has 1 atom stereocenters. The first kappa shape index (κ1) is 21.6. The van der Waals surface area contributed by atoms with E-state index in [1.807, 2.05) is 37.3 Å². The molecule has 2 aromatic heterocycles. The molecule has 1 N–H and O–H groups in total. The largest absolute Gasteiger partial charge is 0.355 e. The minimum absolute atomic E-state index is 0.0651. The average Bonchev–Trinajstić information content (AvgIpc) is 3.21. The van der Waals surface area contributed by atoms with E-state index >= 15 is 0 Å². The lowest BCUT2D eigenvalue weighted by Crippen LogP contribution is -2.35. The van der Waals surface area contributed by atoms with E-state index in [4.69, 9.17) is 0 Å². The van der Waals surface area contributed by atoms with E-state index in [1.165, 1.54) is 43.9 Å². The number of amides is 1. The topological polar surface area (TPSA) is 72.7 Å². The van der Waals surface area contributed by atoms with Gasteiger partial charge in [0.25, 0.3) is 0 Å². The van der Waals surface area contributed by atoms with Gasteiger partial charge in [0, 0.05) is 24.5 Å². The molecule has 1 fully saturated rings. The first-order valence-corrected chi connectivity index (χ1v) is 11.9. The number of hydrogen-bond donors (Lipinski definition) is 1. The molecule has 0 saturated heterocycles. The summed E-state index contributed by atoms with van der Waals surface area (Å²) in [5, 5.41) is 12.5. The molecule has 162 valence electrons. The average molecular weight is 436 g/mol. The van der Waals surface area contributed by atoms with E-state index in [-0.39, 0.29) is 11.2 Å². The first-order chi connectivity index (χ1) is 15.2. The van der Waals surface area contributed by atoms with Gasteiger partial charge in [0.05, 0.1) is 11.8 Å². The van der Waals surface area contributed by atoms with E-state index in [2.05, 4.69) is 37.2 Å². The second-order valence-electron chi connectivity index (χ2n) is 8.12. The fourth-order valence-electron chi connectivity index (χ4n) is 3.99. The summed E-state index contributed by atoms with van der Waals surface area (Å²) in [5.74, 6) is 1.47. The molecule has 3 aromatic rings. The molecule has 0 radical (unpaired) electrons. The Morgan fingerprint density at radius 1 is 1.10 bits per heavy atom. The van der Waals surface area contributed by atoms with Crippen LogP contribution in [0.5, 0.6) is 0 Å². The summed E-state index contributed by atoms with van der Waals surface area (Å²) in [6.45, 7) is 3.36. The van der Waals surface area contributed by atoms with Gasteiger partial charge in [-0.3, -0.25) is 14.3 Å². The van der Waals surface area contributed by atoms with Gasteiger partial charge in [-0.1, -0.05) is 61.4 Å². The zero-order valence-electron chi connectivity index (χ0n) is 17.9. The number of thioether (sulfide) groups is 1. The number of benzene rings is 1. The summed E-state index contributed by atoms with van der Waals surface area (Å²) >= 11 is 1.46. The third kappa shape index (κ3) is 5.73. The third-order valence-corrected chi connectivity index (χ3v) is 6.86. The molecule has 4 rings (SSSR count). The highest BCUT2D eigenvalue weighted by Gasteiger charge is 2.22. The Balaban J connectivity index is 1.49. The Labute approximate surface area is 187 Å². The summed E-state index contributed by atoms with van der Waals surface area (Å²) in [4.78, 5) is 16.8. The summed E-state index contributed by atoms with van der Waals surface area (Å²) in [5.41, 5.74) is 2.12. The molecular formula is C24H29N5OS. The van der Waals surface area contributed by atoms with Crippen LogP contribution in [0.3, 0.4) is 0 Å². The molecule has 1 amide bonds. The molecule has 1 aliphatic rings. The molecule has 0 bridgehead atoms. The highest BCUT2D eigenvalue weighted by atomic mass is 32.2. The van der Waals surface area contributed by atoms with Crippen LogP contribution in [0.2, 0.25) is 0 Å². The molecule has 2 heterocycles. The molecule has 1 unspecified atom stereocenters. The van der Waals surface area contributed by atoms with E-state index in [0.29, 0.717) is 12.5 Å². The summed E-state index contributed by atoms with van der Waals surface area (Å²) < 4.78 is 2.08. The second kappa shape index (κ2) is 10.6. The predicted octanol–water partition coefficient (Wildman–Crippen LogP) is 4.57. The van der Waals surface area contributed by atoms with Gasteiger partial charge in [-0.25, -0.2) is 0 Å². The summed E-state index contributed by atoms with van der Waals surface area (Å²) in [6, 6.07) is 14.1. The van der Waals surface area contributed by atoms with Gasteiger partial charge in [-0.2, -0.15) is 0 Å². The lowest BCUT2D eigenvalue weighted by molar-refractivity contribution is -0.120. The van der Waals surface area contributed by atoms with Crippen molar-refractivity contribution in [1.82, 2.24) is 25.1 Å². The van der Waals surface area contributed by atoms with E-state index in [1.54, 1.807) is 12.4 Å². The number of aromatic nitrogens is 4. The summed E-state index contributed by atoms with van der Waals surface area (Å²) in [6.07, 6.45) is 9.85. The van der Waals surface area contributed by atoms with Gasteiger partial charge in [0.1, 0.15) is 0 Å². The molecule has 31 heavy (non-hydrogen) atoms. The van der Waals surface area contributed by atoms with Crippen molar-refractivity contribution in [3.8, 4) is 11.4 Å².